The molecule has 1 aromatic rings. The van der Waals surface area contributed by atoms with Crippen LogP contribution in [0.15, 0.2) is 18.2 Å². The summed E-state index contributed by atoms with van der Waals surface area (Å²) in [6.07, 6.45) is 6.22. The van der Waals surface area contributed by atoms with Crippen LogP contribution in [0.1, 0.15) is 38.5 Å². The lowest BCUT2D eigenvalue weighted by Gasteiger charge is -2.10. The minimum Gasteiger partial charge on any atom is -0.397 e. The van der Waals surface area contributed by atoms with Crippen LogP contribution in [0.3, 0.4) is 0 Å². The lowest BCUT2D eigenvalue weighted by atomic mass is 10.1. The van der Waals surface area contributed by atoms with E-state index in [0.29, 0.717) is 31.1 Å². The van der Waals surface area contributed by atoms with Gasteiger partial charge in [-0.1, -0.05) is 12.8 Å². The van der Waals surface area contributed by atoms with Crippen LogP contribution in [-0.4, -0.2) is 19.1 Å². The van der Waals surface area contributed by atoms with Gasteiger partial charge in [0.05, 0.1) is 11.4 Å². The number of anilines is 2. The van der Waals surface area contributed by atoms with Crippen LogP contribution in [0, 0.1) is 11.7 Å². The van der Waals surface area contributed by atoms with Crippen molar-refractivity contribution in [3.05, 3.63) is 24.0 Å². The Labute approximate surface area is 124 Å². The first-order valence-electron chi connectivity index (χ1n) is 7.58. The molecule has 0 bridgehead atoms. The first-order chi connectivity index (χ1) is 10.1. The third-order valence-corrected chi connectivity index (χ3v) is 3.81. The zero-order valence-electron chi connectivity index (χ0n) is 12.2. The summed E-state index contributed by atoms with van der Waals surface area (Å²) >= 11 is 0. The third kappa shape index (κ3) is 5.34. The normalized spacial score (nSPS) is 15.3. The summed E-state index contributed by atoms with van der Waals surface area (Å²) < 4.78 is 18.5. The molecule has 116 valence electrons. The van der Waals surface area contributed by atoms with Gasteiger partial charge in [-0.05, 0) is 43.4 Å². The number of halogens is 1. The summed E-state index contributed by atoms with van der Waals surface area (Å²) in [5.74, 6) is 0.168. The van der Waals surface area contributed by atoms with Gasteiger partial charge in [0.25, 0.3) is 0 Å². The van der Waals surface area contributed by atoms with E-state index in [1.54, 1.807) is 0 Å². The molecule has 1 saturated carbocycles. The predicted molar refractivity (Wildman–Crippen MR) is 81.5 cm³/mol. The monoisotopic (exact) mass is 294 g/mol. The van der Waals surface area contributed by atoms with Crippen LogP contribution < -0.4 is 11.1 Å². The maximum atomic E-state index is 12.9. The maximum absolute atomic E-state index is 12.9. The molecular weight excluding hydrogens is 271 g/mol. The van der Waals surface area contributed by atoms with E-state index in [0.717, 1.165) is 6.61 Å². The van der Waals surface area contributed by atoms with E-state index in [-0.39, 0.29) is 11.6 Å². The number of benzene rings is 1. The van der Waals surface area contributed by atoms with Gasteiger partial charge in [-0.25, -0.2) is 4.39 Å². The van der Waals surface area contributed by atoms with Crippen molar-refractivity contribution < 1.29 is 13.9 Å². The average molecular weight is 294 g/mol. The zero-order chi connectivity index (χ0) is 15.1. The molecule has 0 aliphatic heterocycles. The van der Waals surface area contributed by atoms with Crippen molar-refractivity contribution in [3.8, 4) is 0 Å². The number of ether oxygens (including phenoxy) is 1. The van der Waals surface area contributed by atoms with Crippen molar-refractivity contribution in [2.45, 2.75) is 38.5 Å². The van der Waals surface area contributed by atoms with Gasteiger partial charge in [-0.3, -0.25) is 4.79 Å². The Hall–Kier alpha value is -1.62. The molecule has 0 radical (unpaired) electrons. The maximum Gasteiger partial charge on any atom is 0.224 e. The van der Waals surface area contributed by atoms with Gasteiger partial charge >= 0.3 is 0 Å². The Bertz CT molecular complexity index is 473. The van der Waals surface area contributed by atoms with Crippen LogP contribution >= 0.6 is 0 Å². The first-order valence-corrected chi connectivity index (χ1v) is 7.58. The van der Waals surface area contributed by atoms with Crippen LogP contribution in [0.25, 0.3) is 0 Å². The van der Waals surface area contributed by atoms with Crippen LogP contribution in [0.4, 0.5) is 15.8 Å². The van der Waals surface area contributed by atoms with Gasteiger partial charge in [0.15, 0.2) is 0 Å². The fraction of sp³-hybridized carbons (Fsp3) is 0.562. The molecule has 1 amide bonds. The Morgan fingerprint density at radius 1 is 1.38 bits per heavy atom. The van der Waals surface area contributed by atoms with Gasteiger partial charge in [-0.15, -0.1) is 0 Å². The summed E-state index contributed by atoms with van der Waals surface area (Å²) in [6, 6.07) is 3.94. The van der Waals surface area contributed by atoms with Gasteiger partial charge in [0.1, 0.15) is 5.82 Å². The fourth-order valence-corrected chi connectivity index (χ4v) is 2.62. The highest BCUT2D eigenvalue weighted by Gasteiger charge is 2.14. The van der Waals surface area contributed by atoms with Crippen molar-refractivity contribution in [3.63, 3.8) is 0 Å². The number of nitrogens with one attached hydrogen (secondary N) is 1. The van der Waals surface area contributed by atoms with Crippen LogP contribution in [-0.2, 0) is 9.53 Å². The molecule has 5 heteroatoms. The number of hydrogen-bond donors (Lipinski definition) is 2. The molecule has 0 spiro atoms. The molecule has 21 heavy (non-hydrogen) atoms. The highest BCUT2D eigenvalue weighted by atomic mass is 19.1. The Kier molecular flexibility index (Phi) is 5.99. The Morgan fingerprint density at radius 3 is 2.86 bits per heavy atom. The topological polar surface area (TPSA) is 64.3 Å². The van der Waals surface area contributed by atoms with Gasteiger partial charge in [0, 0.05) is 19.6 Å². The predicted octanol–water partition coefficient (Wildman–Crippen LogP) is 3.33. The lowest BCUT2D eigenvalue weighted by molar-refractivity contribution is -0.116. The molecule has 1 fully saturated rings. The number of amides is 1. The second-order valence-corrected chi connectivity index (χ2v) is 5.61. The fourth-order valence-electron chi connectivity index (χ4n) is 2.62. The molecule has 1 aromatic carbocycles. The Morgan fingerprint density at radius 2 is 2.14 bits per heavy atom. The SMILES string of the molecule is Nc1cc(F)ccc1NC(=O)CCCOCC1CCCC1. The van der Waals surface area contributed by atoms with E-state index < -0.39 is 5.82 Å². The summed E-state index contributed by atoms with van der Waals surface area (Å²) in [4.78, 5) is 11.8. The second-order valence-electron chi connectivity index (χ2n) is 5.61. The zero-order valence-corrected chi connectivity index (χ0v) is 12.2. The quantitative estimate of drug-likeness (QED) is 0.599. The minimum absolute atomic E-state index is 0.127. The van der Waals surface area contributed by atoms with E-state index in [4.69, 9.17) is 10.5 Å². The van der Waals surface area contributed by atoms with Gasteiger partial charge in [0.2, 0.25) is 5.91 Å². The van der Waals surface area contributed by atoms with Gasteiger partial charge in [-0.2, -0.15) is 0 Å². The molecule has 0 heterocycles. The third-order valence-electron chi connectivity index (χ3n) is 3.81. The summed E-state index contributed by atoms with van der Waals surface area (Å²) in [7, 11) is 0. The molecule has 1 aliphatic carbocycles. The standard InChI is InChI=1S/C16H23FN2O2/c17-13-7-8-15(14(18)10-13)19-16(20)6-3-9-21-11-12-4-1-2-5-12/h7-8,10,12H,1-6,9,11,18H2,(H,19,20). The van der Waals surface area contributed by atoms with Crippen molar-refractivity contribution in [2.75, 3.05) is 24.3 Å². The largest absolute Gasteiger partial charge is 0.397 e. The summed E-state index contributed by atoms with van der Waals surface area (Å²) in [6.45, 7) is 1.41. The molecule has 0 aromatic heterocycles. The van der Waals surface area contributed by atoms with E-state index in [1.165, 1.54) is 43.9 Å². The number of carbonyl (C=O) groups is 1. The Balaban J connectivity index is 1.60. The molecule has 0 atom stereocenters. The number of hydrogen-bond acceptors (Lipinski definition) is 3. The van der Waals surface area contributed by atoms with E-state index in [2.05, 4.69) is 5.32 Å². The van der Waals surface area contributed by atoms with Crippen LogP contribution in [0.2, 0.25) is 0 Å². The van der Waals surface area contributed by atoms with E-state index >= 15 is 0 Å². The van der Waals surface area contributed by atoms with Crippen molar-refractivity contribution in [1.82, 2.24) is 0 Å². The molecule has 4 nitrogen and oxygen atoms in total. The number of nitrogens with two attached hydrogens (primary N) is 1. The van der Waals surface area contributed by atoms with Crippen LogP contribution in [0.5, 0.6) is 0 Å². The molecular formula is C16H23FN2O2. The molecule has 0 unspecified atom stereocenters. The van der Waals surface area contributed by atoms with Crippen molar-refractivity contribution >= 4 is 17.3 Å². The second kappa shape index (κ2) is 7.98. The molecule has 0 saturated heterocycles. The summed E-state index contributed by atoms with van der Waals surface area (Å²) in [5.41, 5.74) is 6.33. The number of carbonyl (C=O) groups excluding carboxylic acids is 1. The number of rotatable bonds is 7. The summed E-state index contributed by atoms with van der Waals surface area (Å²) in [5, 5.41) is 2.68. The average Bonchev–Trinajstić information content (AvgIpc) is 2.95. The highest BCUT2D eigenvalue weighted by molar-refractivity contribution is 5.93. The molecule has 1 aliphatic rings. The van der Waals surface area contributed by atoms with Crippen molar-refractivity contribution in [2.24, 2.45) is 5.92 Å². The highest BCUT2D eigenvalue weighted by Crippen LogP contribution is 2.24. The smallest absolute Gasteiger partial charge is 0.224 e. The van der Waals surface area contributed by atoms with Crippen molar-refractivity contribution in [1.29, 1.82) is 0 Å². The lowest BCUT2D eigenvalue weighted by Crippen LogP contribution is -2.14. The number of nitrogen functional groups attached to an aromatic ring is 1. The first kappa shape index (κ1) is 15.8. The molecule has 3 N–H and O–H groups in total. The van der Waals surface area contributed by atoms with E-state index in [1.807, 2.05) is 0 Å². The van der Waals surface area contributed by atoms with Gasteiger partial charge < -0.3 is 15.8 Å². The minimum atomic E-state index is -0.411. The van der Waals surface area contributed by atoms with E-state index in [9.17, 15) is 9.18 Å². The molecule has 2 rings (SSSR count).